The Labute approximate surface area is 119 Å². The lowest BCUT2D eigenvalue weighted by Crippen LogP contribution is -2.22. The molecule has 0 radical (unpaired) electrons. The second kappa shape index (κ2) is 5.89. The summed E-state index contributed by atoms with van der Waals surface area (Å²) in [5, 5.41) is 3.09. The van der Waals surface area contributed by atoms with Crippen LogP contribution in [0.5, 0.6) is 0 Å². The van der Waals surface area contributed by atoms with Crippen LogP contribution in [-0.4, -0.2) is 6.54 Å². The number of halogens is 4. The Bertz CT molecular complexity index is 618. The minimum atomic E-state index is -4.70. The van der Waals surface area contributed by atoms with E-state index in [0.717, 1.165) is 17.7 Å². The van der Waals surface area contributed by atoms with Gasteiger partial charge in [0, 0.05) is 0 Å². The third kappa shape index (κ3) is 3.26. The monoisotopic (exact) mass is 301 g/mol. The summed E-state index contributed by atoms with van der Waals surface area (Å²) in [7, 11) is 0. The third-order valence-corrected chi connectivity index (χ3v) is 3.20. The second-order valence-corrected chi connectivity index (χ2v) is 4.70. The van der Waals surface area contributed by atoms with Gasteiger partial charge >= 0.3 is 6.18 Å². The Morgan fingerprint density at radius 1 is 1.24 bits per heavy atom. The number of nitrogens with one attached hydrogen (secondary N) is 1. The van der Waals surface area contributed by atoms with Crippen molar-refractivity contribution in [3.05, 3.63) is 58.8 Å². The van der Waals surface area contributed by atoms with Crippen LogP contribution in [0.2, 0.25) is 0 Å². The van der Waals surface area contributed by atoms with Crippen molar-refractivity contribution in [2.24, 2.45) is 0 Å². The largest absolute Gasteiger partial charge is 0.467 e. The van der Waals surface area contributed by atoms with Gasteiger partial charge in [0.1, 0.15) is 11.6 Å². The molecule has 6 heteroatoms. The Kier molecular flexibility index (Phi) is 4.37. The van der Waals surface area contributed by atoms with E-state index in [0.29, 0.717) is 17.9 Å². The molecule has 0 spiro atoms. The molecule has 0 saturated carbocycles. The molecular formula is C15H15F4NO. The summed E-state index contributed by atoms with van der Waals surface area (Å²) in [6, 6.07) is 4.19. The maximum atomic E-state index is 13.7. The number of rotatable bonds is 4. The van der Waals surface area contributed by atoms with Gasteiger partial charge in [0.15, 0.2) is 0 Å². The van der Waals surface area contributed by atoms with Gasteiger partial charge in [0.25, 0.3) is 0 Å². The van der Waals surface area contributed by atoms with Crippen LogP contribution in [0.15, 0.2) is 34.9 Å². The van der Waals surface area contributed by atoms with Crippen molar-refractivity contribution < 1.29 is 22.0 Å². The standard InChI is InChI=1S/C15H15F4NO/c1-3-20-13(14-9(2)6-7-21-14)10-4-5-11(12(16)8-10)15(17,18)19/h4-8,13,20H,3H2,1-2H3. The van der Waals surface area contributed by atoms with E-state index < -0.39 is 23.6 Å². The maximum Gasteiger partial charge on any atom is 0.419 e. The molecule has 21 heavy (non-hydrogen) atoms. The fourth-order valence-corrected chi connectivity index (χ4v) is 2.19. The highest BCUT2D eigenvalue weighted by Crippen LogP contribution is 2.34. The molecule has 1 unspecified atom stereocenters. The SMILES string of the molecule is CCNC(c1ccc(C(F)(F)F)c(F)c1)c1occc1C. The van der Waals surface area contributed by atoms with E-state index in [1.54, 1.807) is 6.07 Å². The minimum Gasteiger partial charge on any atom is -0.467 e. The topological polar surface area (TPSA) is 25.2 Å². The van der Waals surface area contributed by atoms with Crippen LogP contribution in [0.1, 0.15) is 35.4 Å². The Hall–Kier alpha value is -1.82. The van der Waals surface area contributed by atoms with Gasteiger partial charge in [-0.2, -0.15) is 13.2 Å². The summed E-state index contributed by atoms with van der Waals surface area (Å²) >= 11 is 0. The maximum absolute atomic E-state index is 13.7. The molecule has 0 aliphatic heterocycles. The lowest BCUT2D eigenvalue weighted by molar-refractivity contribution is -0.140. The number of alkyl halides is 3. The van der Waals surface area contributed by atoms with E-state index in [1.165, 1.54) is 12.3 Å². The molecule has 2 rings (SSSR count). The molecule has 0 aliphatic carbocycles. The first kappa shape index (κ1) is 15.6. The van der Waals surface area contributed by atoms with Crippen LogP contribution in [-0.2, 0) is 6.18 Å². The Balaban J connectivity index is 2.43. The molecule has 1 N–H and O–H groups in total. The van der Waals surface area contributed by atoms with Crippen molar-refractivity contribution in [2.75, 3.05) is 6.54 Å². The molecule has 0 saturated heterocycles. The van der Waals surface area contributed by atoms with Gasteiger partial charge in [0.2, 0.25) is 0 Å². The zero-order valence-electron chi connectivity index (χ0n) is 11.6. The molecular weight excluding hydrogens is 286 g/mol. The van der Waals surface area contributed by atoms with Gasteiger partial charge in [-0.3, -0.25) is 0 Å². The molecule has 2 aromatic rings. The van der Waals surface area contributed by atoms with Crippen molar-refractivity contribution >= 4 is 0 Å². The zero-order chi connectivity index (χ0) is 15.6. The van der Waals surface area contributed by atoms with Crippen molar-refractivity contribution in [3.63, 3.8) is 0 Å². The quantitative estimate of drug-likeness (QED) is 0.844. The van der Waals surface area contributed by atoms with Gasteiger partial charge in [0.05, 0.1) is 17.9 Å². The third-order valence-electron chi connectivity index (χ3n) is 3.20. The molecule has 114 valence electrons. The summed E-state index contributed by atoms with van der Waals surface area (Å²) in [4.78, 5) is 0. The van der Waals surface area contributed by atoms with Gasteiger partial charge in [-0.25, -0.2) is 4.39 Å². The van der Waals surface area contributed by atoms with Crippen LogP contribution >= 0.6 is 0 Å². The molecule has 2 nitrogen and oxygen atoms in total. The molecule has 0 amide bonds. The highest BCUT2D eigenvalue weighted by atomic mass is 19.4. The fourth-order valence-electron chi connectivity index (χ4n) is 2.19. The smallest absolute Gasteiger partial charge is 0.419 e. The minimum absolute atomic E-state index is 0.389. The van der Waals surface area contributed by atoms with Crippen LogP contribution < -0.4 is 5.32 Å². The van der Waals surface area contributed by atoms with E-state index in [1.807, 2.05) is 13.8 Å². The van der Waals surface area contributed by atoms with Crippen molar-refractivity contribution in [1.82, 2.24) is 5.32 Å². The highest BCUT2D eigenvalue weighted by Gasteiger charge is 2.34. The zero-order valence-corrected chi connectivity index (χ0v) is 11.6. The molecule has 1 heterocycles. The van der Waals surface area contributed by atoms with E-state index >= 15 is 0 Å². The average molecular weight is 301 g/mol. The molecule has 0 bridgehead atoms. The average Bonchev–Trinajstić information content (AvgIpc) is 2.80. The van der Waals surface area contributed by atoms with Gasteiger partial charge < -0.3 is 9.73 Å². The lowest BCUT2D eigenvalue weighted by atomic mass is 10.00. The molecule has 1 aromatic heterocycles. The normalized spacial score (nSPS) is 13.4. The molecule has 0 fully saturated rings. The number of aryl methyl sites for hydroxylation is 1. The first-order chi connectivity index (χ1) is 9.84. The van der Waals surface area contributed by atoms with Crippen LogP contribution in [0.3, 0.4) is 0 Å². The van der Waals surface area contributed by atoms with E-state index in [-0.39, 0.29) is 0 Å². The molecule has 0 aliphatic rings. The molecule has 1 aromatic carbocycles. The number of benzene rings is 1. The predicted molar refractivity (Wildman–Crippen MR) is 70.4 cm³/mol. The fraction of sp³-hybridized carbons (Fsp3) is 0.333. The van der Waals surface area contributed by atoms with Crippen molar-refractivity contribution in [1.29, 1.82) is 0 Å². The van der Waals surface area contributed by atoms with Gasteiger partial charge in [-0.1, -0.05) is 13.0 Å². The lowest BCUT2D eigenvalue weighted by Gasteiger charge is -2.18. The van der Waals surface area contributed by atoms with Gasteiger partial charge in [-0.05, 0) is 42.8 Å². The first-order valence-corrected chi connectivity index (χ1v) is 6.48. The molecule has 1 atom stereocenters. The second-order valence-electron chi connectivity index (χ2n) is 4.70. The summed E-state index contributed by atoms with van der Waals surface area (Å²) in [5.74, 6) is -0.719. The summed E-state index contributed by atoms with van der Waals surface area (Å²) in [6.45, 7) is 4.24. The first-order valence-electron chi connectivity index (χ1n) is 6.48. The van der Waals surface area contributed by atoms with E-state index in [2.05, 4.69) is 5.32 Å². The Morgan fingerprint density at radius 2 is 1.95 bits per heavy atom. The van der Waals surface area contributed by atoms with Crippen LogP contribution in [0.4, 0.5) is 17.6 Å². The van der Waals surface area contributed by atoms with Crippen LogP contribution in [0.25, 0.3) is 0 Å². The summed E-state index contributed by atoms with van der Waals surface area (Å²) < 4.78 is 56.9. The van der Waals surface area contributed by atoms with Crippen LogP contribution in [0, 0.1) is 12.7 Å². The van der Waals surface area contributed by atoms with Crippen molar-refractivity contribution in [3.8, 4) is 0 Å². The highest BCUT2D eigenvalue weighted by molar-refractivity contribution is 5.34. The summed E-state index contributed by atoms with van der Waals surface area (Å²) in [6.07, 6.45) is -3.20. The van der Waals surface area contributed by atoms with E-state index in [4.69, 9.17) is 4.42 Å². The van der Waals surface area contributed by atoms with E-state index in [9.17, 15) is 17.6 Å². The summed E-state index contributed by atoms with van der Waals surface area (Å²) in [5.41, 5.74) is -0.0284. The van der Waals surface area contributed by atoms with Gasteiger partial charge in [-0.15, -0.1) is 0 Å². The number of hydrogen-bond acceptors (Lipinski definition) is 2. The number of hydrogen-bond donors (Lipinski definition) is 1. The Morgan fingerprint density at radius 3 is 2.43 bits per heavy atom. The number of furan rings is 1. The van der Waals surface area contributed by atoms with Crippen molar-refractivity contribution in [2.45, 2.75) is 26.1 Å². The predicted octanol–water partition coefficient (Wildman–Crippen LogP) is 4.44.